The lowest BCUT2D eigenvalue weighted by molar-refractivity contribution is -0.146. The van der Waals surface area contributed by atoms with Crippen LogP contribution in [0.1, 0.15) is 32.3 Å². The maximum absolute atomic E-state index is 11.6. The van der Waals surface area contributed by atoms with Crippen LogP contribution in [0.25, 0.3) is 0 Å². The fourth-order valence-corrected chi connectivity index (χ4v) is 1.83. The molecule has 0 aliphatic rings. The molecule has 0 radical (unpaired) electrons. The van der Waals surface area contributed by atoms with E-state index in [-0.39, 0.29) is 12.6 Å². The van der Waals surface area contributed by atoms with Gasteiger partial charge in [-0.05, 0) is 26.5 Å². The van der Waals surface area contributed by atoms with Gasteiger partial charge in [0.25, 0.3) is 0 Å². The lowest BCUT2D eigenvalue weighted by Crippen LogP contribution is -2.17. The van der Waals surface area contributed by atoms with Crippen molar-refractivity contribution in [1.29, 1.82) is 0 Å². The molecular formula is C16H25NO4. The molecule has 5 nitrogen and oxygen atoms in total. The zero-order valence-corrected chi connectivity index (χ0v) is 13.1. The van der Waals surface area contributed by atoms with Gasteiger partial charge in [0.15, 0.2) is 18.1 Å². The number of nitrogens with one attached hydrogen (secondary N) is 1. The molecule has 0 aliphatic carbocycles. The van der Waals surface area contributed by atoms with Gasteiger partial charge in [-0.2, -0.15) is 0 Å². The van der Waals surface area contributed by atoms with Gasteiger partial charge >= 0.3 is 5.97 Å². The molecule has 0 spiro atoms. The van der Waals surface area contributed by atoms with E-state index in [2.05, 4.69) is 5.32 Å². The van der Waals surface area contributed by atoms with Crippen LogP contribution in [-0.4, -0.2) is 32.8 Å². The number of carbonyl (C=O) groups excluding carboxylic acids is 1. The Morgan fingerprint density at radius 1 is 1.24 bits per heavy atom. The van der Waals surface area contributed by atoms with Crippen LogP contribution in [0.15, 0.2) is 18.2 Å². The number of ether oxygens (including phenoxy) is 3. The van der Waals surface area contributed by atoms with Crippen LogP contribution >= 0.6 is 0 Å². The third kappa shape index (κ3) is 6.04. The van der Waals surface area contributed by atoms with Gasteiger partial charge in [-0.15, -0.1) is 0 Å². The average Bonchev–Trinajstić information content (AvgIpc) is 2.47. The molecule has 0 fully saturated rings. The minimum atomic E-state index is -0.356. The van der Waals surface area contributed by atoms with Crippen LogP contribution in [-0.2, 0) is 16.1 Å². The van der Waals surface area contributed by atoms with Gasteiger partial charge in [0.2, 0.25) is 0 Å². The van der Waals surface area contributed by atoms with E-state index in [1.165, 1.54) is 0 Å². The summed E-state index contributed by atoms with van der Waals surface area (Å²) in [6.45, 7) is 5.47. The first-order valence-electron chi connectivity index (χ1n) is 7.40. The van der Waals surface area contributed by atoms with Gasteiger partial charge in [0.05, 0.1) is 13.2 Å². The van der Waals surface area contributed by atoms with Gasteiger partial charge in [0.1, 0.15) is 0 Å². The SMILES string of the molecule is CCCCOC(=O)COc1c(CNC)cccc1OCC. The number of rotatable bonds is 10. The van der Waals surface area contributed by atoms with Gasteiger partial charge in [-0.25, -0.2) is 4.79 Å². The number of hydrogen-bond acceptors (Lipinski definition) is 5. The van der Waals surface area contributed by atoms with Gasteiger partial charge in [-0.1, -0.05) is 25.5 Å². The Kier molecular flexibility index (Phi) is 8.28. The molecule has 0 saturated heterocycles. The van der Waals surface area contributed by atoms with Crippen molar-refractivity contribution in [2.24, 2.45) is 0 Å². The maximum atomic E-state index is 11.6. The molecule has 0 saturated carbocycles. The van der Waals surface area contributed by atoms with Crippen LogP contribution in [0.3, 0.4) is 0 Å². The van der Waals surface area contributed by atoms with Crippen molar-refractivity contribution >= 4 is 5.97 Å². The summed E-state index contributed by atoms with van der Waals surface area (Å²) in [5.74, 6) is 0.887. The third-order valence-electron chi connectivity index (χ3n) is 2.82. The fraction of sp³-hybridized carbons (Fsp3) is 0.562. The molecule has 1 aromatic carbocycles. The largest absolute Gasteiger partial charge is 0.490 e. The number of carbonyl (C=O) groups is 1. The summed E-state index contributed by atoms with van der Waals surface area (Å²) in [6.07, 6.45) is 1.86. The van der Waals surface area contributed by atoms with E-state index in [1.54, 1.807) is 0 Å². The van der Waals surface area contributed by atoms with Crippen molar-refractivity contribution in [1.82, 2.24) is 5.32 Å². The van der Waals surface area contributed by atoms with Gasteiger partial charge in [-0.3, -0.25) is 0 Å². The van der Waals surface area contributed by atoms with E-state index < -0.39 is 0 Å². The summed E-state index contributed by atoms with van der Waals surface area (Å²) in [7, 11) is 1.86. The number of para-hydroxylation sites is 1. The van der Waals surface area contributed by atoms with Crippen molar-refractivity contribution in [2.45, 2.75) is 33.2 Å². The quantitative estimate of drug-likeness (QED) is 0.531. The van der Waals surface area contributed by atoms with Gasteiger partial charge < -0.3 is 19.5 Å². The van der Waals surface area contributed by atoms with Crippen molar-refractivity contribution in [3.05, 3.63) is 23.8 Å². The Bertz CT molecular complexity index is 410. The monoisotopic (exact) mass is 295 g/mol. The number of esters is 1. The van der Waals surface area contributed by atoms with E-state index in [1.807, 2.05) is 39.1 Å². The Hall–Kier alpha value is -1.75. The topological polar surface area (TPSA) is 56.8 Å². The first-order chi connectivity index (χ1) is 10.2. The summed E-state index contributed by atoms with van der Waals surface area (Å²) < 4.78 is 16.3. The molecule has 5 heteroatoms. The first-order valence-corrected chi connectivity index (χ1v) is 7.40. The molecule has 0 amide bonds. The van der Waals surface area contributed by atoms with E-state index in [4.69, 9.17) is 14.2 Å². The molecule has 1 N–H and O–H groups in total. The molecule has 0 unspecified atom stereocenters. The van der Waals surface area contributed by atoms with Crippen molar-refractivity contribution in [2.75, 3.05) is 26.9 Å². The Balaban J connectivity index is 2.68. The highest BCUT2D eigenvalue weighted by atomic mass is 16.6. The van der Waals surface area contributed by atoms with E-state index >= 15 is 0 Å². The van der Waals surface area contributed by atoms with Crippen LogP contribution < -0.4 is 14.8 Å². The minimum Gasteiger partial charge on any atom is -0.490 e. The zero-order chi connectivity index (χ0) is 15.5. The Morgan fingerprint density at radius 3 is 2.71 bits per heavy atom. The summed E-state index contributed by atoms with van der Waals surface area (Å²) >= 11 is 0. The molecule has 0 heterocycles. The van der Waals surface area contributed by atoms with Crippen LogP contribution in [0.4, 0.5) is 0 Å². The second kappa shape index (κ2) is 10.0. The van der Waals surface area contributed by atoms with Crippen molar-refractivity contribution in [3.63, 3.8) is 0 Å². The van der Waals surface area contributed by atoms with Crippen LogP contribution in [0.2, 0.25) is 0 Å². The lowest BCUT2D eigenvalue weighted by Gasteiger charge is -2.15. The predicted molar refractivity (Wildman–Crippen MR) is 81.7 cm³/mol. The standard InChI is InChI=1S/C16H25NO4/c1-4-6-10-20-15(18)12-21-16-13(11-17-3)8-7-9-14(16)19-5-2/h7-9,17H,4-6,10-12H2,1-3H3. The Labute approximate surface area is 126 Å². The molecule has 0 atom stereocenters. The highest BCUT2D eigenvalue weighted by molar-refractivity contribution is 5.71. The molecule has 1 aromatic rings. The summed E-state index contributed by atoms with van der Waals surface area (Å²) in [4.78, 5) is 11.6. The van der Waals surface area contributed by atoms with Crippen LogP contribution in [0, 0.1) is 0 Å². The smallest absolute Gasteiger partial charge is 0.344 e. The minimum absolute atomic E-state index is 0.107. The molecule has 21 heavy (non-hydrogen) atoms. The molecule has 118 valence electrons. The highest BCUT2D eigenvalue weighted by Gasteiger charge is 2.13. The molecule has 0 aromatic heterocycles. The third-order valence-corrected chi connectivity index (χ3v) is 2.82. The molecule has 1 rings (SSSR count). The fourth-order valence-electron chi connectivity index (χ4n) is 1.83. The van der Waals surface area contributed by atoms with Crippen LogP contribution in [0.5, 0.6) is 11.5 Å². The summed E-state index contributed by atoms with van der Waals surface area (Å²) in [5.41, 5.74) is 0.949. The molecular weight excluding hydrogens is 270 g/mol. The number of benzene rings is 1. The molecule has 0 bridgehead atoms. The normalized spacial score (nSPS) is 10.2. The zero-order valence-electron chi connectivity index (χ0n) is 13.1. The summed E-state index contributed by atoms with van der Waals surface area (Å²) in [5, 5.41) is 3.07. The van der Waals surface area contributed by atoms with Gasteiger partial charge in [0, 0.05) is 12.1 Å². The summed E-state index contributed by atoms with van der Waals surface area (Å²) in [6, 6.07) is 5.68. The first kappa shape index (κ1) is 17.3. The second-order valence-corrected chi connectivity index (χ2v) is 4.57. The van der Waals surface area contributed by atoms with E-state index in [0.29, 0.717) is 31.3 Å². The second-order valence-electron chi connectivity index (χ2n) is 4.57. The number of unbranched alkanes of at least 4 members (excludes halogenated alkanes) is 1. The Morgan fingerprint density at radius 2 is 2.05 bits per heavy atom. The highest BCUT2D eigenvalue weighted by Crippen LogP contribution is 2.31. The lowest BCUT2D eigenvalue weighted by atomic mass is 10.2. The van der Waals surface area contributed by atoms with Crippen molar-refractivity contribution < 1.29 is 19.0 Å². The number of hydrogen-bond donors (Lipinski definition) is 1. The molecule has 0 aliphatic heterocycles. The maximum Gasteiger partial charge on any atom is 0.344 e. The predicted octanol–water partition coefficient (Wildman–Crippen LogP) is 2.53. The van der Waals surface area contributed by atoms with E-state index in [9.17, 15) is 4.79 Å². The average molecular weight is 295 g/mol. The van der Waals surface area contributed by atoms with Crippen molar-refractivity contribution in [3.8, 4) is 11.5 Å². The van der Waals surface area contributed by atoms with E-state index in [0.717, 1.165) is 18.4 Å².